The van der Waals surface area contributed by atoms with Gasteiger partial charge in [0, 0.05) is 19.1 Å². The lowest BCUT2D eigenvalue weighted by atomic mass is 9.68. The average Bonchev–Trinajstić information content (AvgIpc) is 2.37. The monoisotopic (exact) mass is 286 g/mol. The van der Waals surface area contributed by atoms with Crippen LogP contribution in [0.5, 0.6) is 0 Å². The molecule has 20 heavy (non-hydrogen) atoms. The molecule has 2 aliphatic rings. The first kappa shape index (κ1) is 13.6. The summed E-state index contributed by atoms with van der Waals surface area (Å²) in [6.07, 6.45) is 1.90. The maximum absolute atomic E-state index is 12.4. The molecule has 1 saturated heterocycles. The number of nitrogens with zero attached hydrogens (tertiary/aromatic N) is 2. The summed E-state index contributed by atoms with van der Waals surface area (Å²) in [5, 5.41) is 6.49. The number of rotatable bonds is 2. The van der Waals surface area contributed by atoms with Crippen molar-refractivity contribution in [3.05, 3.63) is 18.1 Å². The minimum Gasteiger partial charge on any atom is -0.366 e. The Hall–Kier alpha value is -1.37. The van der Waals surface area contributed by atoms with Crippen LogP contribution in [-0.2, 0) is 6.18 Å². The zero-order valence-corrected chi connectivity index (χ0v) is 11.0. The summed E-state index contributed by atoms with van der Waals surface area (Å²) < 4.78 is 37.1. The van der Waals surface area contributed by atoms with E-state index in [1.165, 1.54) is 0 Å². The van der Waals surface area contributed by atoms with Gasteiger partial charge >= 0.3 is 6.18 Å². The fourth-order valence-corrected chi connectivity index (χ4v) is 2.96. The lowest BCUT2D eigenvalue weighted by Gasteiger charge is -2.47. The number of nitrogens with one attached hydrogen (secondary N) is 2. The van der Waals surface area contributed by atoms with Crippen molar-refractivity contribution < 1.29 is 13.2 Å². The first-order chi connectivity index (χ1) is 9.47. The van der Waals surface area contributed by atoms with Gasteiger partial charge in [0.25, 0.3) is 0 Å². The Morgan fingerprint density at radius 3 is 2.30 bits per heavy atom. The van der Waals surface area contributed by atoms with Crippen LogP contribution in [0.2, 0.25) is 0 Å². The number of hydrogen-bond acceptors (Lipinski definition) is 4. The molecule has 0 bridgehead atoms. The van der Waals surface area contributed by atoms with E-state index in [2.05, 4.69) is 20.6 Å². The standard InChI is InChI=1S/C13H17F3N4/c14-13(15,16)10-5-19-11(6-18-10)20-9-1-3-12(4-2-9)7-17-8-12/h5-6,9,17H,1-4,7-8H2,(H,19,20). The van der Waals surface area contributed by atoms with E-state index < -0.39 is 11.9 Å². The molecule has 2 heterocycles. The topological polar surface area (TPSA) is 49.8 Å². The normalized spacial score (nSPS) is 22.6. The van der Waals surface area contributed by atoms with Crippen molar-refractivity contribution in [1.29, 1.82) is 0 Å². The van der Waals surface area contributed by atoms with Gasteiger partial charge in [0.05, 0.1) is 12.4 Å². The van der Waals surface area contributed by atoms with Crippen molar-refractivity contribution in [3.8, 4) is 0 Å². The number of hydrogen-bond donors (Lipinski definition) is 2. The lowest BCUT2D eigenvalue weighted by Crippen LogP contribution is -2.55. The Bertz CT molecular complexity index is 457. The predicted octanol–water partition coefficient (Wildman–Crippen LogP) is 2.44. The maximum atomic E-state index is 12.4. The lowest BCUT2D eigenvalue weighted by molar-refractivity contribution is -0.141. The van der Waals surface area contributed by atoms with Gasteiger partial charge in [-0.15, -0.1) is 0 Å². The first-order valence-corrected chi connectivity index (χ1v) is 6.83. The molecule has 3 rings (SSSR count). The van der Waals surface area contributed by atoms with Crippen molar-refractivity contribution in [2.75, 3.05) is 18.4 Å². The second kappa shape index (κ2) is 4.87. The first-order valence-electron chi connectivity index (χ1n) is 6.83. The number of alkyl halides is 3. The minimum absolute atomic E-state index is 0.285. The van der Waals surface area contributed by atoms with Crippen LogP contribution in [0.3, 0.4) is 0 Å². The van der Waals surface area contributed by atoms with Crippen LogP contribution >= 0.6 is 0 Å². The van der Waals surface area contributed by atoms with E-state index in [0.29, 0.717) is 11.2 Å². The van der Waals surface area contributed by atoms with Crippen LogP contribution in [0.1, 0.15) is 31.4 Å². The minimum atomic E-state index is -4.43. The third kappa shape index (κ3) is 2.72. The molecular weight excluding hydrogens is 269 g/mol. The second-order valence-corrected chi connectivity index (χ2v) is 5.81. The van der Waals surface area contributed by atoms with Gasteiger partial charge in [-0.25, -0.2) is 9.97 Å². The van der Waals surface area contributed by atoms with Crippen molar-refractivity contribution in [3.63, 3.8) is 0 Å². The summed E-state index contributed by atoms with van der Waals surface area (Å²) >= 11 is 0. The molecular formula is C13H17F3N4. The van der Waals surface area contributed by atoms with E-state index in [1.807, 2.05) is 0 Å². The highest BCUT2D eigenvalue weighted by atomic mass is 19.4. The highest BCUT2D eigenvalue weighted by Gasteiger charge is 2.40. The van der Waals surface area contributed by atoms with Gasteiger partial charge in [0.1, 0.15) is 5.82 Å². The van der Waals surface area contributed by atoms with Gasteiger partial charge in [-0.2, -0.15) is 13.2 Å². The largest absolute Gasteiger partial charge is 0.434 e. The van der Waals surface area contributed by atoms with Crippen molar-refractivity contribution in [1.82, 2.24) is 15.3 Å². The molecule has 0 amide bonds. The summed E-state index contributed by atoms with van der Waals surface area (Å²) in [6, 6.07) is 0.285. The van der Waals surface area contributed by atoms with E-state index in [-0.39, 0.29) is 6.04 Å². The van der Waals surface area contributed by atoms with E-state index in [0.717, 1.165) is 51.2 Å². The molecule has 110 valence electrons. The third-order valence-electron chi connectivity index (χ3n) is 4.34. The van der Waals surface area contributed by atoms with Gasteiger partial charge in [0.2, 0.25) is 0 Å². The average molecular weight is 286 g/mol. The van der Waals surface area contributed by atoms with E-state index in [9.17, 15) is 13.2 Å². The van der Waals surface area contributed by atoms with Crippen LogP contribution < -0.4 is 10.6 Å². The molecule has 1 aromatic rings. The summed E-state index contributed by atoms with van der Waals surface area (Å²) in [5.41, 5.74) is -0.476. The molecule has 2 fully saturated rings. The zero-order chi connectivity index (χ0) is 14.2. The molecule has 1 aliphatic heterocycles. The third-order valence-corrected chi connectivity index (χ3v) is 4.34. The van der Waals surface area contributed by atoms with Crippen LogP contribution in [0.4, 0.5) is 19.0 Å². The van der Waals surface area contributed by atoms with E-state index in [4.69, 9.17) is 0 Å². The summed E-state index contributed by atoms with van der Waals surface area (Å²) in [7, 11) is 0. The molecule has 1 aromatic heterocycles. The molecule has 4 nitrogen and oxygen atoms in total. The fourth-order valence-electron chi connectivity index (χ4n) is 2.96. The van der Waals surface area contributed by atoms with Crippen molar-refractivity contribution in [2.24, 2.45) is 5.41 Å². The Balaban J connectivity index is 1.56. The maximum Gasteiger partial charge on any atom is 0.434 e. The highest BCUT2D eigenvalue weighted by Crippen LogP contribution is 2.40. The van der Waals surface area contributed by atoms with Crippen molar-refractivity contribution >= 4 is 5.82 Å². The van der Waals surface area contributed by atoms with Gasteiger partial charge in [-0.1, -0.05) is 0 Å². The Morgan fingerprint density at radius 1 is 1.15 bits per heavy atom. The summed E-state index contributed by atoms with van der Waals surface area (Å²) in [5.74, 6) is 0.422. The summed E-state index contributed by atoms with van der Waals surface area (Å²) in [6.45, 7) is 2.19. The molecule has 1 aliphatic carbocycles. The summed E-state index contributed by atoms with van der Waals surface area (Å²) in [4.78, 5) is 7.22. The van der Waals surface area contributed by atoms with Crippen LogP contribution in [0, 0.1) is 5.41 Å². The SMILES string of the molecule is FC(F)(F)c1cnc(NC2CCC3(CC2)CNC3)cn1. The molecule has 7 heteroatoms. The van der Waals surface area contributed by atoms with Crippen LogP contribution in [-0.4, -0.2) is 29.1 Å². The fraction of sp³-hybridized carbons (Fsp3) is 0.692. The predicted molar refractivity (Wildman–Crippen MR) is 68.2 cm³/mol. The highest BCUT2D eigenvalue weighted by molar-refractivity contribution is 5.33. The molecule has 0 atom stereocenters. The van der Waals surface area contributed by atoms with Crippen molar-refractivity contribution in [2.45, 2.75) is 37.9 Å². The molecule has 0 aromatic carbocycles. The zero-order valence-electron chi connectivity index (χ0n) is 11.0. The van der Waals surface area contributed by atoms with Gasteiger partial charge in [0.15, 0.2) is 5.69 Å². The van der Waals surface area contributed by atoms with E-state index >= 15 is 0 Å². The van der Waals surface area contributed by atoms with Gasteiger partial charge in [-0.3, -0.25) is 0 Å². The number of anilines is 1. The molecule has 2 N–H and O–H groups in total. The Labute approximate surface area is 115 Å². The van der Waals surface area contributed by atoms with Gasteiger partial charge < -0.3 is 10.6 Å². The quantitative estimate of drug-likeness (QED) is 0.876. The smallest absolute Gasteiger partial charge is 0.366 e. The van der Waals surface area contributed by atoms with Crippen LogP contribution in [0.25, 0.3) is 0 Å². The van der Waals surface area contributed by atoms with Crippen LogP contribution in [0.15, 0.2) is 12.4 Å². The number of halogens is 3. The molecule has 0 radical (unpaired) electrons. The molecule has 1 saturated carbocycles. The molecule has 1 spiro atoms. The van der Waals surface area contributed by atoms with E-state index in [1.54, 1.807) is 0 Å². The Morgan fingerprint density at radius 2 is 1.85 bits per heavy atom. The molecule has 0 unspecified atom stereocenters. The second-order valence-electron chi connectivity index (χ2n) is 5.81. The Kier molecular flexibility index (Phi) is 3.32. The number of aromatic nitrogens is 2. The van der Waals surface area contributed by atoms with Gasteiger partial charge in [-0.05, 0) is 31.1 Å².